The molecule has 2 amide bonds. The predicted molar refractivity (Wildman–Crippen MR) is 115 cm³/mol. The first kappa shape index (κ1) is 18.7. The van der Waals surface area contributed by atoms with Crippen LogP contribution in [0, 0.1) is 0 Å². The molecule has 0 spiro atoms. The molecule has 0 atom stereocenters. The SMILES string of the molecule is CC1(c2cc(NC(=O)Nc3cnc(-c4nn(C5CC5)c5ncnc(N)c45)nc3)on2)CC1. The van der Waals surface area contributed by atoms with Gasteiger partial charge in [0.15, 0.2) is 11.5 Å². The number of nitrogens with zero attached hydrogens (tertiary/aromatic N) is 7. The lowest BCUT2D eigenvalue weighted by Crippen LogP contribution is -2.19. The van der Waals surface area contributed by atoms with Crippen molar-refractivity contribution in [1.82, 2.24) is 34.9 Å². The highest BCUT2D eigenvalue weighted by Gasteiger charge is 2.42. The summed E-state index contributed by atoms with van der Waals surface area (Å²) in [5.74, 6) is 0.990. The van der Waals surface area contributed by atoms with Crippen LogP contribution in [-0.4, -0.2) is 40.9 Å². The van der Waals surface area contributed by atoms with Gasteiger partial charge < -0.3 is 15.6 Å². The lowest BCUT2D eigenvalue weighted by molar-refractivity contribution is 0.261. The molecule has 0 bridgehead atoms. The maximum atomic E-state index is 12.3. The van der Waals surface area contributed by atoms with E-state index in [0.717, 1.165) is 31.4 Å². The summed E-state index contributed by atoms with van der Waals surface area (Å²) in [6.07, 6.45) is 8.66. The van der Waals surface area contributed by atoms with Crippen LogP contribution < -0.4 is 16.4 Å². The highest BCUT2D eigenvalue weighted by atomic mass is 16.5. The van der Waals surface area contributed by atoms with Gasteiger partial charge in [-0.05, 0) is 25.7 Å². The normalized spacial score (nSPS) is 16.8. The zero-order chi connectivity index (χ0) is 21.9. The Morgan fingerprint density at radius 1 is 1.19 bits per heavy atom. The number of anilines is 3. The van der Waals surface area contributed by atoms with Crippen molar-refractivity contribution in [2.24, 2.45) is 0 Å². The molecule has 4 N–H and O–H groups in total. The number of urea groups is 1. The number of fused-ring (bicyclic) bond motifs is 1. The standard InChI is InChI=1S/C20H20N10O2/c1-20(4-5-20)12-6-13(32-29-12)27-19(31)26-10-7-22-17(23-8-10)15-14-16(21)24-9-25-18(14)30(28-15)11-2-3-11/h6-9,11H,2-5H2,1H3,(H2,21,24,25)(H2,26,27,31). The number of carbonyl (C=O) groups is 1. The number of amides is 2. The van der Waals surface area contributed by atoms with E-state index in [1.807, 2.05) is 4.68 Å². The number of carbonyl (C=O) groups excluding carboxylic acids is 1. The second-order valence-electron chi connectivity index (χ2n) is 8.49. The summed E-state index contributed by atoms with van der Waals surface area (Å²) in [5.41, 5.74) is 8.61. The quantitative estimate of drug-likeness (QED) is 0.430. The number of hydrogen-bond donors (Lipinski definition) is 3. The van der Waals surface area contributed by atoms with Crippen molar-refractivity contribution in [2.75, 3.05) is 16.4 Å². The summed E-state index contributed by atoms with van der Waals surface area (Å²) in [5, 5.41) is 14.6. The number of nitrogens with two attached hydrogens (primary N) is 1. The molecular formula is C20H20N10O2. The van der Waals surface area contributed by atoms with Crippen LogP contribution in [0.15, 0.2) is 29.3 Å². The van der Waals surface area contributed by atoms with Crippen molar-refractivity contribution in [3.05, 3.63) is 30.5 Å². The van der Waals surface area contributed by atoms with E-state index in [2.05, 4.69) is 47.7 Å². The molecule has 4 aromatic heterocycles. The van der Waals surface area contributed by atoms with E-state index in [0.29, 0.717) is 40.1 Å². The molecule has 0 unspecified atom stereocenters. The van der Waals surface area contributed by atoms with E-state index in [-0.39, 0.29) is 11.3 Å². The largest absolute Gasteiger partial charge is 0.383 e. The van der Waals surface area contributed by atoms with E-state index in [1.165, 1.54) is 18.7 Å². The molecule has 4 heterocycles. The lowest BCUT2D eigenvalue weighted by Gasteiger charge is -2.05. The van der Waals surface area contributed by atoms with Crippen molar-refractivity contribution in [1.29, 1.82) is 0 Å². The van der Waals surface area contributed by atoms with Gasteiger partial charge in [-0.25, -0.2) is 29.4 Å². The number of nitrogen functional groups attached to an aromatic ring is 1. The molecule has 2 aliphatic carbocycles. The molecule has 2 fully saturated rings. The van der Waals surface area contributed by atoms with Crippen LogP contribution in [0.1, 0.15) is 44.3 Å². The molecule has 0 aromatic carbocycles. The average molecular weight is 432 g/mol. The van der Waals surface area contributed by atoms with Crippen LogP contribution in [0.4, 0.5) is 22.2 Å². The van der Waals surface area contributed by atoms with Gasteiger partial charge in [-0.15, -0.1) is 0 Å². The second kappa shape index (κ2) is 6.70. The molecule has 0 radical (unpaired) electrons. The third-order valence-corrected chi connectivity index (χ3v) is 5.90. The van der Waals surface area contributed by atoms with Crippen molar-refractivity contribution >= 4 is 34.5 Å². The van der Waals surface area contributed by atoms with Gasteiger partial charge in [-0.3, -0.25) is 5.32 Å². The molecule has 32 heavy (non-hydrogen) atoms. The number of rotatable bonds is 5. The molecule has 6 rings (SSSR count). The molecule has 2 aliphatic rings. The maximum absolute atomic E-state index is 12.3. The third-order valence-electron chi connectivity index (χ3n) is 5.90. The Kier molecular flexibility index (Phi) is 3.91. The van der Waals surface area contributed by atoms with Gasteiger partial charge in [0.1, 0.15) is 17.8 Å². The Balaban J connectivity index is 1.20. The molecule has 12 heteroatoms. The molecule has 2 saturated carbocycles. The summed E-state index contributed by atoms with van der Waals surface area (Å²) in [6.45, 7) is 2.12. The second-order valence-corrected chi connectivity index (χ2v) is 8.49. The number of nitrogens with one attached hydrogen (secondary N) is 2. The fourth-order valence-corrected chi connectivity index (χ4v) is 3.58. The number of hydrogen-bond acceptors (Lipinski definition) is 9. The molecule has 0 aliphatic heterocycles. The van der Waals surface area contributed by atoms with E-state index in [4.69, 9.17) is 10.3 Å². The van der Waals surface area contributed by atoms with Crippen LogP contribution in [0.3, 0.4) is 0 Å². The fourth-order valence-electron chi connectivity index (χ4n) is 3.58. The van der Waals surface area contributed by atoms with Gasteiger partial charge >= 0.3 is 6.03 Å². The molecule has 12 nitrogen and oxygen atoms in total. The monoisotopic (exact) mass is 432 g/mol. The summed E-state index contributed by atoms with van der Waals surface area (Å²) in [6, 6.07) is 1.58. The Morgan fingerprint density at radius 2 is 1.97 bits per heavy atom. The topological polar surface area (TPSA) is 163 Å². The minimum absolute atomic E-state index is 0.0642. The van der Waals surface area contributed by atoms with Gasteiger partial charge in [-0.2, -0.15) is 5.10 Å². The summed E-state index contributed by atoms with van der Waals surface area (Å²) < 4.78 is 7.07. The maximum Gasteiger partial charge on any atom is 0.326 e. The molecule has 162 valence electrons. The van der Waals surface area contributed by atoms with Gasteiger partial charge in [0, 0.05) is 11.5 Å². The van der Waals surface area contributed by atoms with Crippen LogP contribution in [-0.2, 0) is 5.41 Å². The first-order valence-corrected chi connectivity index (χ1v) is 10.4. The highest BCUT2D eigenvalue weighted by Crippen LogP contribution is 2.47. The van der Waals surface area contributed by atoms with Crippen molar-refractivity contribution < 1.29 is 9.32 Å². The molecular weight excluding hydrogens is 412 g/mol. The van der Waals surface area contributed by atoms with Crippen molar-refractivity contribution in [2.45, 2.75) is 44.1 Å². The van der Waals surface area contributed by atoms with Crippen LogP contribution >= 0.6 is 0 Å². The van der Waals surface area contributed by atoms with E-state index < -0.39 is 6.03 Å². The summed E-state index contributed by atoms with van der Waals surface area (Å²) in [4.78, 5) is 29.4. The number of aromatic nitrogens is 7. The minimum Gasteiger partial charge on any atom is -0.383 e. The minimum atomic E-state index is -0.480. The molecule has 4 aromatic rings. The predicted octanol–water partition coefficient (Wildman–Crippen LogP) is 2.88. The first-order chi connectivity index (χ1) is 15.5. The summed E-state index contributed by atoms with van der Waals surface area (Å²) in [7, 11) is 0. The highest BCUT2D eigenvalue weighted by molar-refractivity contribution is 5.99. The summed E-state index contributed by atoms with van der Waals surface area (Å²) >= 11 is 0. The van der Waals surface area contributed by atoms with E-state index in [1.54, 1.807) is 6.07 Å². The van der Waals surface area contributed by atoms with Gasteiger partial charge in [0.05, 0.1) is 35.2 Å². The first-order valence-electron chi connectivity index (χ1n) is 10.4. The van der Waals surface area contributed by atoms with Crippen LogP contribution in [0.2, 0.25) is 0 Å². The van der Waals surface area contributed by atoms with Crippen molar-refractivity contribution in [3.63, 3.8) is 0 Å². The van der Waals surface area contributed by atoms with Crippen LogP contribution in [0.5, 0.6) is 0 Å². The smallest absolute Gasteiger partial charge is 0.326 e. The Hall–Kier alpha value is -4.09. The van der Waals surface area contributed by atoms with E-state index in [9.17, 15) is 4.79 Å². The van der Waals surface area contributed by atoms with Gasteiger partial charge in [0.25, 0.3) is 0 Å². The third kappa shape index (κ3) is 3.20. The van der Waals surface area contributed by atoms with E-state index >= 15 is 0 Å². The van der Waals surface area contributed by atoms with Crippen LogP contribution in [0.25, 0.3) is 22.6 Å². The van der Waals surface area contributed by atoms with Gasteiger partial charge in [0.2, 0.25) is 5.88 Å². The zero-order valence-corrected chi connectivity index (χ0v) is 17.2. The Labute approximate surface area is 181 Å². The average Bonchev–Trinajstić information content (AvgIpc) is 3.68. The van der Waals surface area contributed by atoms with Gasteiger partial charge in [-0.1, -0.05) is 12.1 Å². The zero-order valence-electron chi connectivity index (χ0n) is 17.2. The Bertz CT molecular complexity index is 1330. The fraction of sp³-hybridized carbons (Fsp3) is 0.350. The molecule has 0 saturated heterocycles. The Morgan fingerprint density at radius 3 is 2.69 bits per heavy atom. The lowest BCUT2D eigenvalue weighted by atomic mass is 10.1. The van der Waals surface area contributed by atoms with Crippen molar-refractivity contribution in [3.8, 4) is 11.5 Å².